The van der Waals surface area contributed by atoms with Crippen LogP contribution >= 0.6 is 23.2 Å². The van der Waals surface area contributed by atoms with E-state index in [4.69, 9.17) is 32.7 Å². The average Bonchev–Trinajstić information content (AvgIpc) is 2.86. The highest BCUT2D eigenvalue weighted by molar-refractivity contribution is 6.33. The number of dihydropyridines is 1. The monoisotopic (exact) mass is 596 g/mol. The van der Waals surface area contributed by atoms with Crippen molar-refractivity contribution in [2.24, 2.45) is 10.8 Å². The molecule has 2 aliphatic carbocycles. The first-order valence-electron chi connectivity index (χ1n) is 13.6. The van der Waals surface area contributed by atoms with Gasteiger partial charge in [0.25, 0.3) is 5.91 Å². The molecule has 0 saturated heterocycles. The van der Waals surface area contributed by atoms with E-state index in [-0.39, 0.29) is 39.8 Å². The van der Waals surface area contributed by atoms with Crippen LogP contribution in [0, 0.1) is 10.8 Å². The Morgan fingerprint density at radius 1 is 0.927 bits per heavy atom. The van der Waals surface area contributed by atoms with Crippen LogP contribution in [-0.2, 0) is 14.4 Å². The molecule has 0 spiro atoms. The summed E-state index contributed by atoms with van der Waals surface area (Å²) in [5.74, 6) is -0.467. The number of hydrogen-bond acceptors (Lipinski definition) is 6. The fourth-order valence-corrected chi connectivity index (χ4v) is 6.61. The number of nitrogens with one attached hydrogen (secondary N) is 2. The molecular weight excluding hydrogens is 563 g/mol. The lowest BCUT2D eigenvalue weighted by Gasteiger charge is -2.44. The van der Waals surface area contributed by atoms with Crippen LogP contribution in [0.15, 0.2) is 58.9 Å². The first kappa shape index (κ1) is 29.2. The minimum atomic E-state index is -0.572. The number of ether oxygens (including phenoxy) is 2. The van der Waals surface area contributed by atoms with Gasteiger partial charge in [-0.05, 0) is 53.5 Å². The van der Waals surface area contributed by atoms with Gasteiger partial charge in [0, 0.05) is 41.3 Å². The van der Waals surface area contributed by atoms with Gasteiger partial charge in [-0.3, -0.25) is 14.4 Å². The molecule has 0 saturated carbocycles. The topological polar surface area (TPSA) is 93.7 Å². The van der Waals surface area contributed by atoms with Gasteiger partial charge in [0.15, 0.2) is 29.7 Å². The van der Waals surface area contributed by atoms with Gasteiger partial charge in [0.1, 0.15) is 0 Å². The van der Waals surface area contributed by atoms with Crippen LogP contribution in [-0.4, -0.2) is 31.2 Å². The molecule has 41 heavy (non-hydrogen) atoms. The summed E-state index contributed by atoms with van der Waals surface area (Å²) in [6, 6.07) is 10.4. The van der Waals surface area contributed by atoms with Crippen molar-refractivity contribution < 1.29 is 23.9 Å². The SMILES string of the molecule is COc1cc(C2C3=C(CC(C)(C)CC3=O)NC3=C2C(=O)CC(C)(C)C3)cc(Cl)c1OCC(=O)Nc1ccccc1Cl. The van der Waals surface area contributed by atoms with Crippen molar-refractivity contribution in [1.29, 1.82) is 0 Å². The fourth-order valence-electron chi connectivity index (χ4n) is 6.16. The summed E-state index contributed by atoms with van der Waals surface area (Å²) in [5.41, 5.74) is 3.70. The number of anilines is 1. The number of allylic oxidation sites excluding steroid dienone is 4. The molecule has 1 aliphatic heterocycles. The lowest BCUT2D eigenvalue weighted by atomic mass is 9.64. The van der Waals surface area contributed by atoms with E-state index in [1.165, 1.54) is 7.11 Å². The number of carbonyl (C=O) groups is 3. The van der Waals surface area contributed by atoms with Crippen molar-refractivity contribution in [2.45, 2.75) is 59.3 Å². The maximum Gasteiger partial charge on any atom is 0.262 e. The predicted octanol–water partition coefficient (Wildman–Crippen LogP) is 6.99. The van der Waals surface area contributed by atoms with E-state index in [9.17, 15) is 14.4 Å². The largest absolute Gasteiger partial charge is 0.493 e. The highest BCUT2D eigenvalue weighted by Gasteiger charge is 2.46. The van der Waals surface area contributed by atoms with Crippen molar-refractivity contribution in [3.05, 3.63) is 74.5 Å². The minimum Gasteiger partial charge on any atom is -0.493 e. The standard InChI is InChI=1S/C32H34Cl2N2O5/c1-31(2)12-21-28(23(37)14-31)27(29-22(35-21)13-32(3,4)15-24(29)38)17-10-19(34)30(25(11-17)40-5)41-16-26(39)36-20-9-7-6-8-18(20)33/h6-11,27,35H,12-16H2,1-5H3,(H,36,39). The molecule has 3 aliphatic rings. The number of halogens is 2. The second-order valence-corrected chi connectivity index (χ2v) is 13.4. The summed E-state index contributed by atoms with van der Waals surface area (Å²) in [7, 11) is 1.48. The van der Waals surface area contributed by atoms with Crippen molar-refractivity contribution >= 4 is 46.4 Å². The Bertz CT molecular complexity index is 1470. The third-order valence-electron chi connectivity index (χ3n) is 7.80. The Labute approximate surface area is 250 Å². The Balaban J connectivity index is 1.51. The Kier molecular flexibility index (Phi) is 7.72. The highest BCUT2D eigenvalue weighted by Crippen LogP contribution is 2.52. The zero-order valence-electron chi connectivity index (χ0n) is 23.9. The van der Waals surface area contributed by atoms with Crippen molar-refractivity contribution in [3.8, 4) is 11.5 Å². The number of rotatable bonds is 6. The molecule has 1 heterocycles. The van der Waals surface area contributed by atoms with Gasteiger partial charge in [0.2, 0.25) is 0 Å². The number of hydrogen-bond donors (Lipinski definition) is 2. The van der Waals surface area contributed by atoms with Crippen molar-refractivity contribution in [3.63, 3.8) is 0 Å². The van der Waals surface area contributed by atoms with Crippen LogP contribution in [0.5, 0.6) is 11.5 Å². The molecule has 0 fully saturated rings. The molecule has 2 N–H and O–H groups in total. The molecule has 1 amide bonds. The number of ketones is 2. The lowest BCUT2D eigenvalue weighted by Crippen LogP contribution is -2.42. The molecular formula is C32H34Cl2N2O5. The molecule has 2 aromatic rings. The second kappa shape index (κ2) is 10.8. The minimum absolute atomic E-state index is 0.0181. The van der Waals surface area contributed by atoms with Gasteiger partial charge < -0.3 is 20.1 Å². The number of para-hydroxylation sites is 1. The van der Waals surface area contributed by atoms with Crippen LogP contribution in [0.3, 0.4) is 0 Å². The van der Waals surface area contributed by atoms with Gasteiger partial charge in [0.05, 0.1) is 22.8 Å². The number of carbonyl (C=O) groups excluding carboxylic acids is 3. The van der Waals surface area contributed by atoms with Gasteiger partial charge in [-0.25, -0.2) is 0 Å². The Hall–Kier alpha value is -3.29. The van der Waals surface area contributed by atoms with Crippen LogP contribution < -0.4 is 20.1 Å². The fraction of sp³-hybridized carbons (Fsp3) is 0.406. The van der Waals surface area contributed by atoms with E-state index < -0.39 is 11.8 Å². The van der Waals surface area contributed by atoms with E-state index in [1.807, 2.05) is 0 Å². The molecule has 2 aromatic carbocycles. The first-order chi connectivity index (χ1) is 19.3. The van der Waals surface area contributed by atoms with Crippen LogP contribution in [0.2, 0.25) is 10.0 Å². The summed E-state index contributed by atoms with van der Waals surface area (Å²) in [5, 5.41) is 6.84. The maximum absolute atomic E-state index is 13.6. The Morgan fingerprint density at radius 2 is 1.51 bits per heavy atom. The van der Waals surface area contributed by atoms with Gasteiger partial charge >= 0.3 is 0 Å². The molecule has 0 atom stereocenters. The molecule has 5 rings (SSSR count). The lowest BCUT2D eigenvalue weighted by molar-refractivity contribution is -0.119. The molecule has 0 unspecified atom stereocenters. The second-order valence-electron chi connectivity index (χ2n) is 12.6. The summed E-state index contributed by atoms with van der Waals surface area (Å²) in [6.45, 7) is 8.00. The third kappa shape index (κ3) is 5.88. The molecule has 0 aromatic heterocycles. The summed E-state index contributed by atoms with van der Waals surface area (Å²) < 4.78 is 11.4. The quantitative estimate of drug-likeness (QED) is 0.373. The van der Waals surface area contributed by atoms with E-state index >= 15 is 0 Å². The number of methoxy groups -OCH3 is 1. The normalized spacial score (nSPS) is 19.8. The molecule has 0 radical (unpaired) electrons. The zero-order valence-corrected chi connectivity index (χ0v) is 25.4. The van der Waals surface area contributed by atoms with E-state index in [0.717, 1.165) is 11.4 Å². The van der Waals surface area contributed by atoms with Crippen LogP contribution in [0.25, 0.3) is 0 Å². The molecule has 7 nitrogen and oxygen atoms in total. The average molecular weight is 598 g/mol. The van der Waals surface area contributed by atoms with Gasteiger partial charge in [-0.2, -0.15) is 0 Å². The summed E-state index contributed by atoms with van der Waals surface area (Å²) in [4.78, 5) is 39.8. The number of benzene rings is 2. The third-order valence-corrected chi connectivity index (χ3v) is 8.41. The summed E-state index contributed by atoms with van der Waals surface area (Å²) in [6.07, 6.45) is 2.17. The number of Topliss-reactive ketones (excluding diaryl/α,β-unsaturated/α-hetero) is 2. The van der Waals surface area contributed by atoms with Gasteiger partial charge in [-0.1, -0.05) is 63.0 Å². The van der Waals surface area contributed by atoms with Gasteiger partial charge in [-0.15, -0.1) is 0 Å². The van der Waals surface area contributed by atoms with Crippen molar-refractivity contribution in [1.82, 2.24) is 5.32 Å². The van der Waals surface area contributed by atoms with E-state index in [0.29, 0.717) is 58.9 Å². The molecule has 216 valence electrons. The number of amides is 1. The molecule has 9 heteroatoms. The highest BCUT2D eigenvalue weighted by atomic mass is 35.5. The van der Waals surface area contributed by atoms with E-state index in [2.05, 4.69) is 38.3 Å². The van der Waals surface area contributed by atoms with Crippen molar-refractivity contribution in [2.75, 3.05) is 19.0 Å². The molecule has 0 bridgehead atoms. The Morgan fingerprint density at radius 3 is 2.07 bits per heavy atom. The smallest absolute Gasteiger partial charge is 0.262 e. The summed E-state index contributed by atoms with van der Waals surface area (Å²) >= 11 is 12.9. The van der Waals surface area contributed by atoms with E-state index in [1.54, 1.807) is 36.4 Å². The maximum atomic E-state index is 13.6. The first-order valence-corrected chi connectivity index (χ1v) is 14.4. The zero-order chi connectivity index (χ0) is 29.7. The predicted molar refractivity (Wildman–Crippen MR) is 160 cm³/mol. The van der Waals surface area contributed by atoms with Crippen LogP contribution in [0.1, 0.15) is 64.9 Å². The van der Waals surface area contributed by atoms with Crippen LogP contribution in [0.4, 0.5) is 5.69 Å².